The van der Waals surface area contributed by atoms with E-state index in [0.717, 1.165) is 18.9 Å². The van der Waals surface area contributed by atoms with Crippen molar-refractivity contribution in [2.24, 2.45) is 0 Å². The highest BCUT2D eigenvalue weighted by Crippen LogP contribution is 2.17. The van der Waals surface area contributed by atoms with Crippen LogP contribution in [0.4, 0.5) is 5.82 Å². The zero-order chi connectivity index (χ0) is 13.9. The third-order valence-electron chi connectivity index (χ3n) is 3.25. The first kappa shape index (κ1) is 13.3. The molecule has 0 atom stereocenters. The summed E-state index contributed by atoms with van der Waals surface area (Å²) < 4.78 is 0. The molecular formula is C13H13ClN4OS. The van der Waals surface area contributed by atoms with Gasteiger partial charge in [0.1, 0.15) is 11.5 Å². The highest BCUT2D eigenvalue weighted by molar-refractivity contribution is 7.07. The number of aromatic nitrogens is 2. The number of hydrogen-bond donors (Lipinski definition) is 0. The number of thiazole rings is 1. The number of halogens is 1. The van der Waals surface area contributed by atoms with Gasteiger partial charge in [-0.1, -0.05) is 11.6 Å². The molecule has 1 saturated heterocycles. The van der Waals surface area contributed by atoms with Gasteiger partial charge in [-0.2, -0.15) is 0 Å². The summed E-state index contributed by atoms with van der Waals surface area (Å²) in [7, 11) is 0. The first-order chi connectivity index (χ1) is 9.74. The Kier molecular flexibility index (Phi) is 3.84. The van der Waals surface area contributed by atoms with Gasteiger partial charge in [-0.25, -0.2) is 9.97 Å². The zero-order valence-electron chi connectivity index (χ0n) is 10.7. The van der Waals surface area contributed by atoms with E-state index in [-0.39, 0.29) is 5.91 Å². The van der Waals surface area contributed by atoms with Crippen molar-refractivity contribution in [2.45, 2.75) is 0 Å². The second-order valence-corrected chi connectivity index (χ2v) is 5.64. The normalized spacial score (nSPS) is 15.4. The molecule has 0 saturated carbocycles. The van der Waals surface area contributed by atoms with Crippen molar-refractivity contribution in [3.05, 3.63) is 39.9 Å². The maximum Gasteiger partial charge on any atom is 0.273 e. The van der Waals surface area contributed by atoms with Gasteiger partial charge in [0.05, 0.1) is 10.5 Å². The molecule has 7 heteroatoms. The van der Waals surface area contributed by atoms with Crippen LogP contribution in [0.15, 0.2) is 29.2 Å². The Morgan fingerprint density at radius 1 is 1.20 bits per heavy atom. The van der Waals surface area contributed by atoms with Gasteiger partial charge in [0.15, 0.2) is 0 Å². The summed E-state index contributed by atoms with van der Waals surface area (Å²) >= 11 is 7.27. The van der Waals surface area contributed by atoms with Gasteiger partial charge in [-0.3, -0.25) is 4.79 Å². The highest BCUT2D eigenvalue weighted by Gasteiger charge is 2.23. The van der Waals surface area contributed by atoms with Crippen LogP contribution >= 0.6 is 22.9 Å². The lowest BCUT2D eigenvalue weighted by molar-refractivity contribution is 0.0741. The molecule has 0 unspecified atom stereocenters. The van der Waals surface area contributed by atoms with Gasteiger partial charge in [-0.05, 0) is 12.1 Å². The number of amides is 1. The summed E-state index contributed by atoms with van der Waals surface area (Å²) in [5.41, 5.74) is 2.22. The third kappa shape index (κ3) is 2.76. The van der Waals surface area contributed by atoms with Gasteiger partial charge in [0, 0.05) is 37.8 Å². The standard InChI is InChI=1S/C13H13ClN4OS/c14-10-1-2-12(15-7-10)17-3-5-18(6-4-17)13(19)11-8-20-9-16-11/h1-2,7-9H,3-6H2. The van der Waals surface area contributed by atoms with Crippen molar-refractivity contribution in [1.82, 2.24) is 14.9 Å². The fourth-order valence-corrected chi connectivity index (χ4v) is 2.81. The molecule has 104 valence electrons. The van der Waals surface area contributed by atoms with E-state index in [0.29, 0.717) is 23.8 Å². The van der Waals surface area contributed by atoms with E-state index in [4.69, 9.17) is 11.6 Å². The monoisotopic (exact) mass is 308 g/mol. The first-order valence-corrected chi connectivity index (χ1v) is 7.60. The Morgan fingerprint density at radius 2 is 2.00 bits per heavy atom. The first-order valence-electron chi connectivity index (χ1n) is 6.28. The Morgan fingerprint density at radius 3 is 2.60 bits per heavy atom. The number of pyridine rings is 1. The van der Waals surface area contributed by atoms with Crippen LogP contribution in [0.3, 0.4) is 0 Å². The summed E-state index contributed by atoms with van der Waals surface area (Å²) in [4.78, 5) is 24.5. The summed E-state index contributed by atoms with van der Waals surface area (Å²) in [5, 5.41) is 2.42. The molecule has 2 aromatic heterocycles. The van der Waals surface area contributed by atoms with Gasteiger partial charge >= 0.3 is 0 Å². The van der Waals surface area contributed by atoms with Crippen molar-refractivity contribution in [3.63, 3.8) is 0 Å². The fourth-order valence-electron chi connectivity index (χ4n) is 2.17. The molecule has 1 aliphatic heterocycles. The van der Waals surface area contributed by atoms with Crippen LogP contribution in [0.5, 0.6) is 0 Å². The molecule has 2 aromatic rings. The molecule has 0 radical (unpaired) electrons. The fraction of sp³-hybridized carbons (Fsp3) is 0.308. The van der Waals surface area contributed by atoms with Crippen LogP contribution in [0.25, 0.3) is 0 Å². The Labute approximate surface area is 125 Å². The van der Waals surface area contributed by atoms with E-state index in [1.54, 1.807) is 17.1 Å². The maximum absolute atomic E-state index is 12.2. The molecule has 0 spiro atoms. The topological polar surface area (TPSA) is 49.3 Å². The van der Waals surface area contributed by atoms with E-state index >= 15 is 0 Å². The lowest BCUT2D eigenvalue weighted by Crippen LogP contribution is -2.49. The molecule has 0 aliphatic carbocycles. The molecule has 3 heterocycles. The molecule has 1 aliphatic rings. The average molecular weight is 309 g/mol. The number of carbonyl (C=O) groups excluding carboxylic acids is 1. The van der Waals surface area contributed by atoms with E-state index in [2.05, 4.69) is 14.9 Å². The van der Waals surface area contributed by atoms with E-state index in [9.17, 15) is 4.79 Å². The van der Waals surface area contributed by atoms with Crippen molar-refractivity contribution in [2.75, 3.05) is 31.1 Å². The molecular weight excluding hydrogens is 296 g/mol. The van der Waals surface area contributed by atoms with Crippen molar-refractivity contribution in [1.29, 1.82) is 0 Å². The molecule has 1 fully saturated rings. The minimum absolute atomic E-state index is 0.00923. The summed E-state index contributed by atoms with van der Waals surface area (Å²) in [6.07, 6.45) is 1.64. The number of nitrogens with zero attached hydrogens (tertiary/aromatic N) is 4. The molecule has 20 heavy (non-hydrogen) atoms. The summed E-state index contributed by atoms with van der Waals surface area (Å²) in [6, 6.07) is 3.73. The van der Waals surface area contributed by atoms with Crippen molar-refractivity contribution >= 4 is 34.7 Å². The van der Waals surface area contributed by atoms with Crippen LogP contribution in [0.2, 0.25) is 5.02 Å². The number of piperazine rings is 1. The zero-order valence-corrected chi connectivity index (χ0v) is 12.3. The van der Waals surface area contributed by atoms with E-state index in [1.807, 2.05) is 17.0 Å². The Balaban J connectivity index is 1.62. The SMILES string of the molecule is O=C(c1cscn1)N1CCN(c2ccc(Cl)cn2)CC1. The van der Waals surface area contributed by atoms with Crippen LogP contribution < -0.4 is 4.90 Å². The van der Waals surface area contributed by atoms with Gasteiger partial charge in [0.25, 0.3) is 5.91 Å². The average Bonchev–Trinajstić information content (AvgIpc) is 3.02. The molecule has 3 rings (SSSR count). The molecule has 0 aromatic carbocycles. The van der Waals surface area contributed by atoms with Gasteiger partial charge in [-0.15, -0.1) is 11.3 Å². The van der Waals surface area contributed by atoms with Crippen LogP contribution in [-0.2, 0) is 0 Å². The second-order valence-electron chi connectivity index (χ2n) is 4.49. The lowest BCUT2D eigenvalue weighted by atomic mass is 10.3. The van der Waals surface area contributed by atoms with Crippen molar-refractivity contribution < 1.29 is 4.79 Å². The van der Waals surface area contributed by atoms with E-state index in [1.165, 1.54) is 11.3 Å². The van der Waals surface area contributed by atoms with Gasteiger partial charge < -0.3 is 9.80 Å². The Bertz CT molecular complexity index is 579. The minimum Gasteiger partial charge on any atom is -0.353 e. The largest absolute Gasteiger partial charge is 0.353 e. The lowest BCUT2D eigenvalue weighted by Gasteiger charge is -2.35. The highest BCUT2D eigenvalue weighted by atomic mass is 35.5. The number of carbonyl (C=O) groups is 1. The Hall–Kier alpha value is -1.66. The predicted octanol–water partition coefficient (Wildman–Crippen LogP) is 2.15. The number of hydrogen-bond acceptors (Lipinski definition) is 5. The predicted molar refractivity (Wildman–Crippen MR) is 79.5 cm³/mol. The molecule has 0 bridgehead atoms. The molecule has 5 nitrogen and oxygen atoms in total. The quantitative estimate of drug-likeness (QED) is 0.853. The maximum atomic E-state index is 12.2. The molecule has 1 amide bonds. The van der Waals surface area contributed by atoms with Crippen LogP contribution in [0, 0.1) is 0 Å². The van der Waals surface area contributed by atoms with Crippen molar-refractivity contribution in [3.8, 4) is 0 Å². The number of rotatable bonds is 2. The molecule has 0 N–H and O–H groups in total. The van der Waals surface area contributed by atoms with Crippen LogP contribution in [-0.4, -0.2) is 47.0 Å². The third-order valence-corrected chi connectivity index (χ3v) is 4.06. The van der Waals surface area contributed by atoms with Crippen LogP contribution in [0.1, 0.15) is 10.5 Å². The second kappa shape index (κ2) is 5.76. The smallest absolute Gasteiger partial charge is 0.273 e. The minimum atomic E-state index is 0.00923. The summed E-state index contributed by atoms with van der Waals surface area (Å²) in [5.74, 6) is 0.908. The summed E-state index contributed by atoms with van der Waals surface area (Å²) in [6.45, 7) is 2.90. The van der Waals surface area contributed by atoms with E-state index < -0.39 is 0 Å². The van der Waals surface area contributed by atoms with Gasteiger partial charge in [0.2, 0.25) is 0 Å². The number of anilines is 1.